The Labute approximate surface area is 887 Å². The van der Waals surface area contributed by atoms with Gasteiger partial charge in [-0.15, -0.1) is 0 Å². The molecule has 22 N–H and O–H groups in total. The van der Waals surface area contributed by atoms with Crippen molar-refractivity contribution in [2.45, 2.75) is 186 Å². The fraction of sp³-hybridized carbons (Fsp3) is 0.722. The highest BCUT2D eigenvalue weighted by Crippen LogP contribution is 2.57. The van der Waals surface area contributed by atoms with Crippen molar-refractivity contribution in [3.63, 3.8) is 0 Å². The van der Waals surface area contributed by atoms with E-state index in [2.05, 4.69) is 43.8 Å². The fourth-order valence-electron chi connectivity index (χ4n) is 12.5. The second-order valence-corrected chi connectivity index (χ2v) is 72.0. The lowest BCUT2D eigenvalue weighted by Gasteiger charge is -2.36. The number of aliphatic hydroxyl groups is 4. The summed E-state index contributed by atoms with van der Waals surface area (Å²) in [6.45, 7) is 51.2. The van der Waals surface area contributed by atoms with Gasteiger partial charge in [0.25, 0.3) is 11.8 Å². The number of nitrogens with two attached hydrogens (primary N) is 1. The Morgan fingerprint density at radius 2 is 0.933 bits per heavy atom. The molecule has 0 aromatic heterocycles. The number of amides is 10. The molecule has 2 aliphatic carbocycles. The van der Waals surface area contributed by atoms with Crippen LogP contribution in [-0.2, 0) is 84.7 Å². The van der Waals surface area contributed by atoms with Crippen molar-refractivity contribution >= 4 is 119 Å². The quantitative estimate of drug-likeness (QED) is 0.00556. The van der Waals surface area contributed by atoms with Crippen molar-refractivity contribution in [1.82, 2.24) is 92.6 Å². The van der Waals surface area contributed by atoms with E-state index in [1.54, 1.807) is 163 Å². The highest BCUT2D eigenvalue weighted by molar-refractivity contribution is 7.65. The number of ether oxygens (including phenoxy) is 1. The number of aliphatic hydroxyl groups excluding tert-OH is 4. The number of nitrogens with zero attached hydrogens (tertiary/aromatic N) is 11. The summed E-state index contributed by atoms with van der Waals surface area (Å²) >= 11 is 0. The Morgan fingerprint density at radius 1 is 0.507 bits per heavy atom. The maximum Gasteiger partial charge on any atom is 0.339 e. The average molecular weight is 2320 g/mol. The summed E-state index contributed by atoms with van der Waals surface area (Å²) in [5, 5.41) is 145. The van der Waals surface area contributed by atoms with Crippen LogP contribution in [0.25, 0.3) is 0 Å². The zero-order valence-electron chi connectivity index (χ0n) is 94.0. The minimum atomic E-state index is -2.70. The van der Waals surface area contributed by atoms with Gasteiger partial charge < -0.3 is 72.0 Å². The van der Waals surface area contributed by atoms with Crippen LogP contribution in [0.2, 0.25) is 0 Å². The number of likely N-dealkylation sites (N-methyl/N-ethyl adjacent to an activating group) is 1. The molecule has 0 radical (unpaired) electrons. The van der Waals surface area contributed by atoms with Crippen molar-refractivity contribution in [1.29, 1.82) is 0 Å². The highest BCUT2D eigenvalue weighted by atomic mass is 31.2. The molecule has 0 bridgehead atoms. The van der Waals surface area contributed by atoms with Gasteiger partial charge in [-0.3, -0.25) is 132 Å². The first kappa shape index (κ1) is 152. The highest BCUT2D eigenvalue weighted by Gasteiger charge is 2.42. The predicted octanol–water partition coefficient (Wildman–Crippen LogP) is 10.5. The van der Waals surface area contributed by atoms with E-state index in [0.29, 0.717) is 77.7 Å². The lowest BCUT2D eigenvalue weighted by atomic mass is 9.89. The molecule has 13 atom stereocenters. The number of urea groups is 1. The number of hydrogen-bond donors (Lipinski definition) is 21. The maximum absolute atomic E-state index is 12.6. The molecule has 60 heteroatoms. The van der Waals surface area contributed by atoms with E-state index in [9.17, 15) is 125 Å². The van der Waals surface area contributed by atoms with Crippen LogP contribution in [0.1, 0.15) is 145 Å². The van der Waals surface area contributed by atoms with Crippen LogP contribution < -0.4 is 47.7 Å². The first-order chi connectivity index (χ1) is 67.9. The first-order valence-corrected chi connectivity index (χ1v) is 71.6. The van der Waals surface area contributed by atoms with Gasteiger partial charge >= 0.3 is 6.03 Å². The minimum absolute atomic E-state index is 0.00215. The minimum Gasteiger partial charge on any atom is -0.512 e. The van der Waals surface area contributed by atoms with Gasteiger partial charge in [-0.2, -0.15) is 5.06 Å². The molecule has 4 rings (SSSR count). The van der Waals surface area contributed by atoms with Crippen molar-refractivity contribution in [2.75, 3.05) is 214 Å². The van der Waals surface area contributed by atoms with Gasteiger partial charge in [0.2, 0.25) is 36.4 Å². The van der Waals surface area contributed by atoms with Crippen molar-refractivity contribution < 1.29 is 156 Å². The second kappa shape index (κ2) is 71.2. The van der Waals surface area contributed by atoms with E-state index in [4.69, 9.17) is 36.5 Å². The molecule has 51 nitrogen and oxygen atoms in total. The Morgan fingerprint density at radius 3 is 1.28 bits per heavy atom. The van der Waals surface area contributed by atoms with Gasteiger partial charge in [0.05, 0.1) is 120 Å². The molecule has 0 aliphatic heterocycles. The largest absolute Gasteiger partial charge is 0.512 e. The zero-order valence-corrected chi connectivity index (χ0v) is 102. The summed E-state index contributed by atoms with van der Waals surface area (Å²) in [7, 11) is -16.9. The third kappa shape index (κ3) is 65.1. The summed E-state index contributed by atoms with van der Waals surface area (Å²) in [5.41, 5.74) is 6.44. The first-order valence-electron chi connectivity index (χ1n) is 47.6. The van der Waals surface area contributed by atoms with Crippen molar-refractivity contribution in [3.05, 3.63) is 90.2 Å². The summed E-state index contributed by atoms with van der Waals surface area (Å²) in [4.78, 5) is 101. The topological polar surface area (TPSA) is 725 Å². The molecule has 1 fully saturated rings. The van der Waals surface area contributed by atoms with Crippen LogP contribution in [0, 0.1) is 23.7 Å². The number of nitrogens with one attached hydrogen (secondary N) is 7. The van der Waals surface area contributed by atoms with Gasteiger partial charge in [0.1, 0.15) is 86.1 Å². The molecule has 0 saturated heterocycles. The molecule has 10 amide bonds. The molecule has 13 unspecified atom stereocenters. The number of carbonyl (C=O) groups is 9. The number of primary amides is 1. The summed E-state index contributed by atoms with van der Waals surface area (Å²) in [6, 6.07) is 14.4. The van der Waals surface area contributed by atoms with E-state index in [1.165, 1.54) is 67.7 Å². The number of hydroxylamine groups is 18. The zero-order chi connectivity index (χ0) is 119. The summed E-state index contributed by atoms with van der Waals surface area (Å²) < 4.78 is 112. The molecular formula is C90H184N19O32P9. The smallest absolute Gasteiger partial charge is 0.339 e. The fourth-order valence-corrected chi connectivity index (χ4v) is 23.0. The number of hydrogen-bond acceptors (Lipinski definition) is 41. The van der Waals surface area contributed by atoms with Crippen LogP contribution in [0.5, 0.6) is 5.75 Å². The Hall–Kier alpha value is -6.22. The van der Waals surface area contributed by atoms with Gasteiger partial charge in [0, 0.05) is 46.3 Å². The third-order valence-electron chi connectivity index (χ3n) is 23.3. The number of carbonyl (C=O) groups excluding carboxylic acids is 9. The Bertz CT molecular complexity index is 4890. The standard InChI is InChI=1S/C14H29N2O5P.C13H25N2O4P.C13H21N2O3P.C12H19N2O4P.C9H19N2O3P.C8H19N2O3P.C7H18N3O4P.2C7H17N2O3P/c1-7-9(2)12(11(4)17)13(18)16(20)8-15-10(3)14(19)22(5,6)21;1-14(9-12(16)20(2,3)19)10-15(18)13(17)11-7-5-4-6-8-11;1-11(16)15(17)10-14-13(2,19(3,4)18)12-8-6-5-7-9-12;1-18-11-6-4-10(5-7-11)12(19(2,3)17)13-8-14(16)9-15;1-7(12)11(13)6-10-9(8-4-5-8)15(2,3)14;1-5-8(2,14(3,4)13)9-6-10(12)7-11;1-5(6(11)15(2,3)14)9-4-10(13)7(8)12;1-7(10)9(11)5-8(2)6-13(3,4)12;1-6(13(3,4)12)8-5-9(11)7(2)10/h9-10,12,14-15,17,19-20H,4,7-8H2,1-3,5-6H3;5,7,11-12,16,18H,4,6,8-10H2,1-3H3;5-9,14,17H,10H2,1-4H3;4-7,9,12-13,16H,8H2,1-3H3;8-10,13H,4-6H2,1-3H3;7,9,12H,5-6H2,1-4H3;5-6,9,11,13H,4H2,1-3H3,(H2,8,12);11H,5-6H2,1-4H3;6,8,11H,5H2,1-4H3. The van der Waals surface area contributed by atoms with Crippen LogP contribution in [0.15, 0.2) is 79.1 Å². The molecule has 0 heterocycles. The van der Waals surface area contributed by atoms with Crippen LogP contribution >= 0.6 is 64.3 Å². The van der Waals surface area contributed by atoms with Crippen molar-refractivity contribution in [3.8, 4) is 5.75 Å². The number of allylic oxidation sites excluding steroid dienone is 1. The molecular weight excluding hydrogens is 2140 g/mol. The van der Waals surface area contributed by atoms with E-state index in [1.807, 2.05) is 70.2 Å². The van der Waals surface area contributed by atoms with E-state index in [-0.39, 0.29) is 113 Å². The van der Waals surface area contributed by atoms with Crippen LogP contribution in [0.3, 0.4) is 0 Å². The Kier molecular flexibility index (Phi) is 72.2. The van der Waals surface area contributed by atoms with Crippen LogP contribution in [0.4, 0.5) is 4.79 Å². The molecule has 2 aromatic carbocycles. The van der Waals surface area contributed by atoms with Crippen molar-refractivity contribution in [2.24, 2.45) is 29.4 Å². The van der Waals surface area contributed by atoms with E-state index >= 15 is 0 Å². The van der Waals surface area contributed by atoms with E-state index in [0.717, 1.165) is 43.2 Å². The number of benzene rings is 2. The molecule has 150 heavy (non-hydrogen) atoms. The monoisotopic (exact) mass is 2320 g/mol. The lowest BCUT2D eigenvalue weighted by Crippen LogP contribution is -2.47. The molecule has 2 aliphatic rings. The van der Waals surface area contributed by atoms with Gasteiger partial charge in [-0.1, -0.05) is 88.4 Å². The van der Waals surface area contributed by atoms with Gasteiger partial charge in [-0.25, -0.2) is 45.3 Å². The molecule has 876 valence electrons. The summed E-state index contributed by atoms with van der Waals surface area (Å²) in [6.07, 6.45) is 10.9. The molecule has 1 saturated carbocycles. The van der Waals surface area contributed by atoms with Gasteiger partial charge in [0.15, 0.2) is 0 Å². The van der Waals surface area contributed by atoms with Gasteiger partial charge in [-0.05, 0) is 242 Å². The molecule has 0 spiro atoms. The number of methoxy groups -OCH3 is 1. The molecule has 2 aromatic rings. The number of rotatable bonds is 51. The normalized spacial score (nSPS) is 16.0. The average Bonchev–Trinajstić information content (AvgIpc) is 1.76. The van der Waals surface area contributed by atoms with Crippen LogP contribution in [-0.4, -0.2) is 437 Å². The second-order valence-electron chi connectivity index (χ2n) is 40.6. The Balaban J connectivity index is -0.000000529. The van der Waals surface area contributed by atoms with E-state index < -0.39 is 152 Å². The third-order valence-corrected chi connectivity index (χ3v) is 40.7. The SMILES string of the molecule is C=C(O)C(C(=O)N(O)CNC(C)C(O)P(C)(C)=O)C(C)CC.CC(=O)N(O)CN(C)CP(C)(C)=O.CC(=O)N(O)CNC(C)(c1ccccc1)P(C)(C)=O.CC(=O)N(O)CNC(C)P(C)(C)=O.CC(=O)N(O)CNC(C1CC1)P(C)(C)=O.CC(NCN(O)C(N)=O)C(O)P(C)(C)=O.CCC(C)(NCN(O)C=O)P(C)(C)=O.CN(CC(O)P(C)(C)=O)CN(O)C(=O)C1C=CCCC1.COc1ccc(C(NCN(O)C=O)P(C)(C)=O)cc1. The summed E-state index contributed by atoms with van der Waals surface area (Å²) in [5.74, 6) is -7.01. The predicted molar refractivity (Wildman–Crippen MR) is 586 cm³/mol. The lowest BCUT2D eigenvalue weighted by molar-refractivity contribution is -0.177. The maximum atomic E-state index is 12.6.